The van der Waals surface area contributed by atoms with Gasteiger partial charge in [0.15, 0.2) is 0 Å². The normalized spacial score (nSPS) is 17.7. The summed E-state index contributed by atoms with van der Waals surface area (Å²) < 4.78 is 0. The van der Waals surface area contributed by atoms with Gasteiger partial charge in [0, 0.05) is 0 Å². The van der Waals surface area contributed by atoms with Gasteiger partial charge in [0.25, 0.3) is 0 Å². The first-order valence-electron chi connectivity index (χ1n) is 7.48. The van der Waals surface area contributed by atoms with Crippen molar-refractivity contribution in [2.75, 3.05) is 0 Å². The molecule has 0 amide bonds. The van der Waals surface area contributed by atoms with Gasteiger partial charge in [0.05, 0.1) is 0 Å². The molecule has 0 unspecified atom stereocenters. The molecule has 2 aromatic carbocycles. The first-order chi connectivity index (χ1) is 10.9. The van der Waals surface area contributed by atoms with Crippen molar-refractivity contribution in [3.63, 3.8) is 0 Å². The maximum Gasteiger partial charge on any atom is 2.00 e. The van der Waals surface area contributed by atoms with E-state index < -0.39 is 0 Å². The smallest absolute Gasteiger partial charge is 0.214 e. The van der Waals surface area contributed by atoms with Crippen LogP contribution in [0.15, 0.2) is 114 Å². The summed E-state index contributed by atoms with van der Waals surface area (Å²) in [6.45, 7) is 0. The topological polar surface area (TPSA) is 0 Å². The third-order valence-electron chi connectivity index (χ3n) is 3.52. The van der Waals surface area contributed by atoms with Crippen molar-refractivity contribution in [2.45, 2.75) is 0 Å². The molecule has 0 radical (unpaired) electrons. The Hall–Kier alpha value is -2.34. The number of hydrogen-bond donors (Lipinski definition) is 0. The number of hydrogen-bond acceptors (Lipinski definition) is 0. The summed E-state index contributed by atoms with van der Waals surface area (Å²) >= 11 is 0. The van der Waals surface area contributed by atoms with Crippen LogP contribution in [0, 0.1) is 6.42 Å². The van der Waals surface area contributed by atoms with Crippen molar-refractivity contribution >= 4 is 5.57 Å². The van der Waals surface area contributed by atoms with Crippen LogP contribution in [0.5, 0.6) is 0 Å². The molecule has 0 saturated heterocycles. The molecule has 23 heavy (non-hydrogen) atoms. The number of benzene rings is 1. The summed E-state index contributed by atoms with van der Waals surface area (Å²) in [6, 6.07) is 20.5. The second-order valence-corrected chi connectivity index (χ2v) is 5.08. The maximum absolute atomic E-state index is 2.24. The average Bonchev–Trinajstić information content (AvgIpc) is 3.31. The minimum atomic E-state index is 0. The van der Waals surface area contributed by atoms with E-state index >= 15 is 0 Å². The quantitative estimate of drug-likeness (QED) is 0.464. The van der Waals surface area contributed by atoms with Crippen molar-refractivity contribution in [2.24, 2.45) is 0 Å². The average molecular weight is 338 g/mol. The maximum atomic E-state index is 2.24. The minimum absolute atomic E-state index is 0. The molecule has 2 aliphatic carbocycles. The first kappa shape index (κ1) is 17.0. The van der Waals surface area contributed by atoms with E-state index in [9.17, 15) is 0 Å². The molecule has 2 aliphatic rings. The molecule has 114 valence electrons. The summed E-state index contributed by atoms with van der Waals surface area (Å²) in [4.78, 5) is 0. The molecule has 0 nitrogen and oxygen atoms in total. The molecule has 2 aromatic rings. The zero-order valence-corrected chi connectivity index (χ0v) is 13.9. The van der Waals surface area contributed by atoms with Crippen molar-refractivity contribution in [1.29, 1.82) is 0 Å². The molecule has 4 rings (SSSR count). The summed E-state index contributed by atoms with van der Waals surface area (Å²) in [5.41, 5.74) is 5.11. The first-order valence-corrected chi connectivity index (χ1v) is 7.48. The second kappa shape index (κ2) is 8.95. The largest absolute Gasteiger partial charge is 2.00 e. The van der Waals surface area contributed by atoms with Gasteiger partial charge in [-0.25, -0.2) is 12.1 Å². The predicted octanol–water partition coefficient (Wildman–Crippen LogP) is 5.67. The van der Waals surface area contributed by atoms with Crippen LogP contribution in [0.2, 0.25) is 0 Å². The summed E-state index contributed by atoms with van der Waals surface area (Å²) in [5.74, 6) is 0. The number of rotatable bonds is 1. The molecule has 0 heterocycles. The van der Waals surface area contributed by atoms with Crippen LogP contribution < -0.4 is 0 Å². The van der Waals surface area contributed by atoms with Crippen LogP contribution in [-0.2, 0) is 17.1 Å². The van der Waals surface area contributed by atoms with Gasteiger partial charge in [-0.15, -0.1) is 36.3 Å². The Bertz CT molecular complexity index is 721. The zero-order chi connectivity index (χ0) is 15.0. The van der Waals surface area contributed by atoms with Gasteiger partial charge in [-0.1, -0.05) is 54.1 Å². The van der Waals surface area contributed by atoms with Crippen molar-refractivity contribution in [3.05, 3.63) is 126 Å². The standard InChI is InChI=1S/C17H13.C5H5.Fe/c1-3-7-14(8-4-1)16-11-12-17(13-16)15-9-5-2-6-10-15;1-2-4-5-3-1;/h1-13H;1-5H;/q2*-1;+2. The van der Waals surface area contributed by atoms with Gasteiger partial charge in [-0.3, -0.25) is 0 Å². The van der Waals surface area contributed by atoms with Crippen LogP contribution >= 0.6 is 0 Å². The summed E-state index contributed by atoms with van der Waals surface area (Å²) in [7, 11) is 0. The molecule has 0 aromatic heterocycles. The SMILES string of the molecule is C1=C[CH-]C(=C2C=CC(c3ccccc3)=C2)C=C1.[Fe+2].c1cc[cH-]c1. The van der Waals surface area contributed by atoms with Crippen molar-refractivity contribution < 1.29 is 17.1 Å². The van der Waals surface area contributed by atoms with Crippen LogP contribution in [-0.4, -0.2) is 0 Å². The van der Waals surface area contributed by atoms with Crippen molar-refractivity contribution in [3.8, 4) is 0 Å². The Morgan fingerprint density at radius 1 is 0.739 bits per heavy atom. The van der Waals surface area contributed by atoms with E-state index in [1.165, 1.54) is 22.3 Å². The fourth-order valence-corrected chi connectivity index (χ4v) is 2.38. The molecular weight excluding hydrogens is 320 g/mol. The van der Waals surface area contributed by atoms with Crippen LogP contribution in [0.1, 0.15) is 5.56 Å². The van der Waals surface area contributed by atoms with E-state index in [4.69, 9.17) is 0 Å². The van der Waals surface area contributed by atoms with E-state index in [2.05, 4.69) is 67.1 Å². The van der Waals surface area contributed by atoms with Crippen molar-refractivity contribution in [1.82, 2.24) is 0 Å². The Kier molecular flexibility index (Phi) is 6.62. The predicted molar refractivity (Wildman–Crippen MR) is 95.2 cm³/mol. The number of allylic oxidation sites excluding steroid dienone is 10. The molecule has 0 fully saturated rings. The Morgan fingerprint density at radius 3 is 2.13 bits per heavy atom. The van der Waals surface area contributed by atoms with E-state index in [-0.39, 0.29) is 17.1 Å². The van der Waals surface area contributed by atoms with E-state index in [1.54, 1.807) is 0 Å². The second-order valence-electron chi connectivity index (χ2n) is 5.08. The summed E-state index contributed by atoms with van der Waals surface area (Å²) in [6.07, 6.45) is 17.1. The summed E-state index contributed by atoms with van der Waals surface area (Å²) in [5, 5.41) is 0. The van der Waals surface area contributed by atoms with Gasteiger partial charge >= 0.3 is 17.1 Å². The molecule has 1 heteroatoms. The Balaban J connectivity index is 0.000000276. The van der Waals surface area contributed by atoms with Gasteiger partial charge < -0.3 is 0 Å². The molecule has 0 spiro atoms. The van der Waals surface area contributed by atoms with Crippen LogP contribution in [0.4, 0.5) is 0 Å². The molecule has 0 atom stereocenters. The fourth-order valence-electron chi connectivity index (χ4n) is 2.38. The van der Waals surface area contributed by atoms with E-state index in [1.807, 2.05) is 42.5 Å². The van der Waals surface area contributed by atoms with Gasteiger partial charge in [-0.2, -0.15) is 18.2 Å². The zero-order valence-electron chi connectivity index (χ0n) is 12.7. The monoisotopic (exact) mass is 338 g/mol. The molecule has 0 aliphatic heterocycles. The van der Waals surface area contributed by atoms with Gasteiger partial charge in [0.2, 0.25) is 0 Å². The Morgan fingerprint density at radius 2 is 1.52 bits per heavy atom. The van der Waals surface area contributed by atoms with Crippen LogP contribution in [0.25, 0.3) is 5.57 Å². The van der Waals surface area contributed by atoms with E-state index in [0.29, 0.717) is 0 Å². The van der Waals surface area contributed by atoms with Gasteiger partial charge in [0.1, 0.15) is 0 Å². The molecular formula is C22H18Fe. The third-order valence-corrected chi connectivity index (χ3v) is 3.52. The van der Waals surface area contributed by atoms with E-state index in [0.717, 1.165) is 0 Å². The molecule has 0 saturated carbocycles. The fraction of sp³-hybridized carbons (Fsp3) is 0. The third kappa shape index (κ3) is 4.82. The molecule has 0 bridgehead atoms. The molecule has 0 N–H and O–H groups in total. The minimum Gasteiger partial charge on any atom is -0.214 e. The van der Waals surface area contributed by atoms with Crippen LogP contribution in [0.3, 0.4) is 0 Å². The van der Waals surface area contributed by atoms with Gasteiger partial charge in [-0.05, 0) is 11.1 Å². The Labute approximate surface area is 149 Å².